The molecule has 0 saturated carbocycles. The van der Waals surface area contributed by atoms with E-state index in [-0.39, 0.29) is 5.91 Å². The summed E-state index contributed by atoms with van der Waals surface area (Å²) in [7, 11) is 0. The Hall–Kier alpha value is -1.95. The highest BCUT2D eigenvalue weighted by molar-refractivity contribution is 5.90. The quantitative estimate of drug-likeness (QED) is 0.543. The number of carbonyl (C=O) groups is 1. The fraction of sp³-hybridized carbons (Fsp3) is 0.182. The van der Waals surface area contributed by atoms with Crippen LogP contribution in [0.5, 0.6) is 0 Å². The molecule has 0 spiro atoms. The van der Waals surface area contributed by atoms with E-state index in [1.165, 1.54) is 0 Å². The van der Waals surface area contributed by atoms with E-state index in [4.69, 9.17) is 5.73 Å². The molecule has 3 heteroatoms. The van der Waals surface area contributed by atoms with E-state index in [9.17, 15) is 4.79 Å². The number of anilines is 1. The zero-order chi connectivity index (χ0) is 10.4. The Balaban J connectivity index is 2.72. The van der Waals surface area contributed by atoms with Crippen molar-refractivity contribution in [1.29, 1.82) is 0 Å². The highest BCUT2D eigenvalue weighted by Gasteiger charge is 1.97. The molecular formula is C11H12N2O. The van der Waals surface area contributed by atoms with Gasteiger partial charge in [-0.15, -0.1) is 0 Å². The van der Waals surface area contributed by atoms with Crippen molar-refractivity contribution in [3.05, 3.63) is 29.8 Å². The van der Waals surface area contributed by atoms with Gasteiger partial charge in [0, 0.05) is 23.7 Å². The van der Waals surface area contributed by atoms with E-state index in [0.717, 1.165) is 11.3 Å². The van der Waals surface area contributed by atoms with Crippen LogP contribution in [-0.4, -0.2) is 5.91 Å². The summed E-state index contributed by atoms with van der Waals surface area (Å²) in [6.07, 6.45) is 0.477. The van der Waals surface area contributed by atoms with Gasteiger partial charge < -0.3 is 11.1 Å². The van der Waals surface area contributed by atoms with Crippen LogP contribution in [0.3, 0.4) is 0 Å². The molecule has 0 aliphatic carbocycles. The second kappa shape index (κ2) is 4.93. The summed E-state index contributed by atoms with van der Waals surface area (Å²) < 4.78 is 0. The molecule has 0 heterocycles. The van der Waals surface area contributed by atoms with Gasteiger partial charge in [-0.3, -0.25) is 4.79 Å². The number of benzene rings is 1. The van der Waals surface area contributed by atoms with Crippen molar-refractivity contribution in [3.8, 4) is 12.0 Å². The summed E-state index contributed by atoms with van der Waals surface area (Å²) in [5.74, 6) is 2.72. The third-order valence-corrected chi connectivity index (χ3v) is 1.71. The van der Waals surface area contributed by atoms with Crippen molar-refractivity contribution in [3.63, 3.8) is 0 Å². The second-order valence-electron chi connectivity index (χ2n) is 2.75. The fourth-order valence-electron chi connectivity index (χ4n) is 0.970. The third-order valence-electron chi connectivity index (χ3n) is 1.71. The largest absolute Gasteiger partial charge is 0.359 e. The average molecular weight is 188 g/mol. The molecule has 1 aromatic rings. The maximum atomic E-state index is 11.0. The van der Waals surface area contributed by atoms with Crippen LogP contribution in [0.4, 0.5) is 5.69 Å². The van der Waals surface area contributed by atoms with E-state index in [1.807, 2.05) is 19.1 Å². The summed E-state index contributed by atoms with van der Waals surface area (Å²) in [6.45, 7) is 1.81. The van der Waals surface area contributed by atoms with Gasteiger partial charge in [-0.25, -0.2) is 0 Å². The van der Waals surface area contributed by atoms with Crippen LogP contribution in [-0.2, 0) is 4.79 Å². The summed E-state index contributed by atoms with van der Waals surface area (Å²) >= 11 is 0. The Morgan fingerprint density at radius 3 is 2.57 bits per heavy atom. The Kier molecular flexibility index (Phi) is 3.57. The van der Waals surface area contributed by atoms with E-state index in [2.05, 4.69) is 17.3 Å². The van der Waals surface area contributed by atoms with Gasteiger partial charge in [-0.1, -0.05) is 6.92 Å². The highest BCUT2D eigenvalue weighted by Crippen LogP contribution is 2.08. The van der Waals surface area contributed by atoms with Crippen LogP contribution in [0.2, 0.25) is 0 Å². The smallest absolute Gasteiger partial charge is 0.224 e. The Labute approximate surface area is 83.3 Å². The maximum absolute atomic E-state index is 11.0. The van der Waals surface area contributed by atoms with Crippen molar-refractivity contribution >= 4 is 11.6 Å². The van der Waals surface area contributed by atoms with Crippen molar-refractivity contribution in [2.45, 2.75) is 13.3 Å². The van der Waals surface area contributed by atoms with Crippen molar-refractivity contribution in [1.82, 2.24) is 0 Å². The summed E-state index contributed by atoms with van der Waals surface area (Å²) in [4.78, 5) is 11.0. The van der Waals surface area contributed by atoms with E-state index in [0.29, 0.717) is 6.42 Å². The normalized spacial score (nSPS) is 8.64. The molecule has 1 amide bonds. The predicted octanol–water partition coefficient (Wildman–Crippen LogP) is 1.30. The molecule has 1 rings (SSSR count). The summed E-state index contributed by atoms with van der Waals surface area (Å²) in [5.41, 5.74) is 6.68. The minimum atomic E-state index is 0.00246. The van der Waals surface area contributed by atoms with E-state index < -0.39 is 0 Å². The van der Waals surface area contributed by atoms with Crippen molar-refractivity contribution < 1.29 is 4.79 Å². The van der Waals surface area contributed by atoms with Crippen LogP contribution < -0.4 is 11.1 Å². The van der Waals surface area contributed by atoms with Gasteiger partial charge in [0.1, 0.15) is 0 Å². The first-order valence-electron chi connectivity index (χ1n) is 4.37. The van der Waals surface area contributed by atoms with Crippen molar-refractivity contribution in [2.24, 2.45) is 5.73 Å². The van der Waals surface area contributed by atoms with Gasteiger partial charge in [-0.2, -0.15) is 0 Å². The molecule has 0 unspecified atom stereocenters. The van der Waals surface area contributed by atoms with Gasteiger partial charge in [0.25, 0.3) is 0 Å². The first kappa shape index (κ1) is 10.1. The lowest BCUT2D eigenvalue weighted by molar-refractivity contribution is -0.115. The van der Waals surface area contributed by atoms with Gasteiger partial charge in [0.05, 0.1) is 0 Å². The lowest BCUT2D eigenvalue weighted by atomic mass is 10.2. The van der Waals surface area contributed by atoms with Crippen LogP contribution >= 0.6 is 0 Å². The monoisotopic (exact) mass is 188 g/mol. The fourth-order valence-corrected chi connectivity index (χ4v) is 0.970. The van der Waals surface area contributed by atoms with Crippen LogP contribution in [0.1, 0.15) is 18.9 Å². The maximum Gasteiger partial charge on any atom is 0.224 e. The minimum absolute atomic E-state index is 0.00246. The number of carbonyl (C=O) groups excluding carboxylic acids is 1. The molecule has 0 bridgehead atoms. The Morgan fingerprint density at radius 1 is 1.43 bits per heavy atom. The summed E-state index contributed by atoms with van der Waals surface area (Å²) in [6, 6.07) is 9.54. The average Bonchev–Trinajstić information content (AvgIpc) is 2.21. The second-order valence-corrected chi connectivity index (χ2v) is 2.75. The molecule has 1 aromatic carbocycles. The Morgan fingerprint density at radius 2 is 2.07 bits per heavy atom. The molecule has 0 atom stereocenters. The first-order chi connectivity index (χ1) is 6.76. The van der Waals surface area contributed by atoms with Gasteiger partial charge in [0.2, 0.25) is 5.91 Å². The molecule has 0 fully saturated rings. The number of hydrogen-bond acceptors (Lipinski definition) is 2. The Bertz CT molecular complexity index is 371. The van der Waals surface area contributed by atoms with Gasteiger partial charge in [-0.05, 0) is 30.2 Å². The highest BCUT2D eigenvalue weighted by atomic mass is 16.1. The SMILES string of the molecule is CCC(=O)Nc1ccc(C#CN)cc1. The number of amides is 1. The lowest BCUT2D eigenvalue weighted by Crippen LogP contribution is -2.09. The topological polar surface area (TPSA) is 55.1 Å². The standard InChI is InChI=1S/C11H12N2O/c1-2-11(14)13-10-5-3-9(4-6-10)7-8-12/h3-6H,2,12H2,1H3,(H,13,14). The molecule has 0 saturated heterocycles. The minimum Gasteiger partial charge on any atom is -0.359 e. The van der Waals surface area contributed by atoms with Gasteiger partial charge >= 0.3 is 0 Å². The van der Waals surface area contributed by atoms with Crippen molar-refractivity contribution in [2.75, 3.05) is 5.32 Å². The zero-order valence-corrected chi connectivity index (χ0v) is 8.00. The van der Waals surface area contributed by atoms with Crippen LogP contribution in [0, 0.1) is 12.0 Å². The number of nitrogens with one attached hydrogen (secondary N) is 1. The molecular weight excluding hydrogens is 176 g/mol. The molecule has 3 nitrogen and oxygen atoms in total. The number of hydrogen-bond donors (Lipinski definition) is 2. The molecule has 0 aromatic heterocycles. The predicted molar refractivity (Wildman–Crippen MR) is 56.4 cm³/mol. The van der Waals surface area contributed by atoms with Crippen LogP contribution in [0.15, 0.2) is 24.3 Å². The molecule has 3 N–H and O–H groups in total. The molecule has 72 valence electrons. The molecule has 0 aliphatic heterocycles. The molecule has 14 heavy (non-hydrogen) atoms. The van der Waals surface area contributed by atoms with E-state index in [1.54, 1.807) is 12.1 Å². The van der Waals surface area contributed by atoms with Crippen LogP contribution in [0.25, 0.3) is 0 Å². The van der Waals surface area contributed by atoms with E-state index >= 15 is 0 Å². The molecule has 0 radical (unpaired) electrons. The lowest BCUT2D eigenvalue weighted by Gasteiger charge is -2.02. The summed E-state index contributed by atoms with van der Waals surface area (Å²) in [5, 5.41) is 2.74. The third kappa shape index (κ3) is 2.83. The first-order valence-corrected chi connectivity index (χ1v) is 4.37. The molecule has 0 aliphatic rings. The zero-order valence-electron chi connectivity index (χ0n) is 8.00. The van der Waals surface area contributed by atoms with Gasteiger partial charge in [0.15, 0.2) is 0 Å². The number of rotatable bonds is 2. The number of nitrogens with two attached hydrogens (primary N) is 1.